The molecule has 4 bridgehead atoms. The summed E-state index contributed by atoms with van der Waals surface area (Å²) in [4.78, 5) is 0. The number of aromatic amines is 1. The number of hydrogen-bond donors (Lipinski definition) is 2. The van der Waals surface area contributed by atoms with E-state index in [9.17, 15) is 0 Å². The first-order valence-electron chi connectivity index (χ1n) is 8.05. The van der Waals surface area contributed by atoms with Crippen LogP contribution in [0.25, 0.3) is 10.9 Å². The zero-order valence-electron chi connectivity index (χ0n) is 11.7. The first kappa shape index (κ1) is 11.2. The minimum atomic E-state index is 0.711. The highest BCUT2D eigenvalue weighted by atomic mass is 15.1. The van der Waals surface area contributed by atoms with E-state index in [1.165, 1.54) is 43.2 Å². The van der Waals surface area contributed by atoms with E-state index in [2.05, 4.69) is 33.7 Å². The van der Waals surface area contributed by atoms with E-state index >= 15 is 0 Å². The average Bonchev–Trinajstić information content (AvgIpc) is 2.89. The van der Waals surface area contributed by atoms with Crippen LogP contribution in [-0.2, 0) is 0 Å². The van der Waals surface area contributed by atoms with Gasteiger partial charge < -0.3 is 5.32 Å². The number of hydrogen-bond acceptors (Lipinski definition) is 2. The lowest BCUT2D eigenvalue weighted by Gasteiger charge is -2.54. The molecule has 104 valence electrons. The summed E-state index contributed by atoms with van der Waals surface area (Å²) in [5, 5.41) is 12.2. The number of fused-ring (bicyclic) bond motifs is 1. The second-order valence-corrected chi connectivity index (χ2v) is 7.27. The molecule has 0 aliphatic heterocycles. The van der Waals surface area contributed by atoms with Crippen molar-refractivity contribution in [3.63, 3.8) is 0 Å². The smallest absolute Gasteiger partial charge is 0.0670 e. The fraction of sp³-hybridized carbons (Fsp3) is 0.588. The van der Waals surface area contributed by atoms with Crippen molar-refractivity contribution in [1.82, 2.24) is 10.2 Å². The molecule has 3 heteroatoms. The summed E-state index contributed by atoms with van der Waals surface area (Å²) in [7, 11) is 0. The number of anilines is 1. The van der Waals surface area contributed by atoms with Gasteiger partial charge in [0.2, 0.25) is 0 Å². The van der Waals surface area contributed by atoms with Gasteiger partial charge in [0.05, 0.1) is 11.7 Å². The second-order valence-electron chi connectivity index (χ2n) is 7.27. The third kappa shape index (κ3) is 1.62. The summed E-state index contributed by atoms with van der Waals surface area (Å²) in [6, 6.07) is 7.30. The monoisotopic (exact) mass is 267 g/mol. The molecule has 2 aromatic rings. The van der Waals surface area contributed by atoms with Gasteiger partial charge >= 0.3 is 0 Å². The maximum absolute atomic E-state index is 4.11. The summed E-state index contributed by atoms with van der Waals surface area (Å²) < 4.78 is 0. The Morgan fingerprint density at radius 2 is 1.75 bits per heavy atom. The Bertz CT molecular complexity index is 616. The molecule has 2 N–H and O–H groups in total. The van der Waals surface area contributed by atoms with E-state index < -0.39 is 0 Å². The number of rotatable bonds is 2. The molecule has 4 aliphatic rings. The maximum Gasteiger partial charge on any atom is 0.0670 e. The van der Waals surface area contributed by atoms with Crippen LogP contribution in [0.2, 0.25) is 0 Å². The highest BCUT2D eigenvalue weighted by Gasteiger charge is 2.48. The van der Waals surface area contributed by atoms with E-state index in [1.807, 2.05) is 6.20 Å². The Morgan fingerprint density at radius 1 is 1.00 bits per heavy atom. The van der Waals surface area contributed by atoms with Crippen LogP contribution in [0.3, 0.4) is 0 Å². The van der Waals surface area contributed by atoms with Gasteiger partial charge in [0.15, 0.2) is 0 Å². The van der Waals surface area contributed by atoms with Crippen molar-refractivity contribution in [3.8, 4) is 0 Å². The molecule has 1 aromatic heterocycles. The minimum Gasteiger partial charge on any atom is -0.382 e. The first-order chi connectivity index (χ1) is 9.85. The van der Waals surface area contributed by atoms with Crippen LogP contribution >= 0.6 is 0 Å². The molecule has 20 heavy (non-hydrogen) atoms. The molecular weight excluding hydrogens is 246 g/mol. The van der Waals surface area contributed by atoms with Gasteiger partial charge in [-0.05, 0) is 74.0 Å². The molecule has 4 aliphatic carbocycles. The molecular formula is C17H21N3. The summed E-state index contributed by atoms with van der Waals surface area (Å²) in [5.41, 5.74) is 2.40. The predicted molar refractivity (Wildman–Crippen MR) is 80.5 cm³/mol. The maximum atomic E-state index is 4.11. The third-order valence-corrected chi connectivity index (χ3v) is 6.00. The van der Waals surface area contributed by atoms with E-state index in [1.54, 1.807) is 0 Å². The molecule has 0 radical (unpaired) electrons. The quantitative estimate of drug-likeness (QED) is 0.869. The van der Waals surface area contributed by atoms with Crippen molar-refractivity contribution < 1.29 is 0 Å². The standard InChI is InChI=1S/C17H21N3/c1-2-15(8-16-12(1)9-18-20-16)19-17-13-4-10-3-11(6-13)7-14(17)5-10/h1-2,8-11,13-14,17,19H,3-7H2,(H,18,20). The summed E-state index contributed by atoms with van der Waals surface area (Å²) in [5.74, 6) is 3.93. The van der Waals surface area contributed by atoms with Crippen LogP contribution in [-0.4, -0.2) is 16.2 Å². The minimum absolute atomic E-state index is 0.711. The van der Waals surface area contributed by atoms with Crippen molar-refractivity contribution >= 4 is 16.6 Å². The SMILES string of the molecule is c1cc2cn[nH]c2cc1NC1C2CC3CC(C2)CC1C3. The molecule has 4 saturated carbocycles. The van der Waals surface area contributed by atoms with Gasteiger partial charge in [-0.25, -0.2) is 0 Å². The van der Waals surface area contributed by atoms with Crippen molar-refractivity contribution in [1.29, 1.82) is 0 Å². The lowest BCUT2D eigenvalue weighted by atomic mass is 9.54. The highest BCUT2D eigenvalue weighted by Crippen LogP contribution is 2.54. The normalized spacial score (nSPS) is 38.5. The second kappa shape index (κ2) is 4.00. The molecule has 1 heterocycles. The van der Waals surface area contributed by atoms with Gasteiger partial charge in [-0.1, -0.05) is 0 Å². The highest BCUT2D eigenvalue weighted by molar-refractivity contribution is 5.81. The topological polar surface area (TPSA) is 40.7 Å². The molecule has 1 aromatic carbocycles. The van der Waals surface area contributed by atoms with Crippen molar-refractivity contribution in [2.75, 3.05) is 5.32 Å². The Hall–Kier alpha value is -1.51. The van der Waals surface area contributed by atoms with Gasteiger partial charge in [0, 0.05) is 17.1 Å². The number of nitrogens with one attached hydrogen (secondary N) is 2. The van der Waals surface area contributed by atoms with E-state index in [0.717, 1.165) is 29.2 Å². The zero-order chi connectivity index (χ0) is 13.1. The van der Waals surface area contributed by atoms with Crippen LogP contribution in [0.4, 0.5) is 5.69 Å². The fourth-order valence-corrected chi connectivity index (χ4v) is 5.38. The van der Waals surface area contributed by atoms with Gasteiger partial charge in [0.25, 0.3) is 0 Å². The average molecular weight is 267 g/mol. The summed E-state index contributed by atoms with van der Waals surface area (Å²) in [6.45, 7) is 0. The van der Waals surface area contributed by atoms with Crippen LogP contribution in [0.15, 0.2) is 24.4 Å². The lowest BCUT2D eigenvalue weighted by molar-refractivity contribution is 0.00754. The van der Waals surface area contributed by atoms with Gasteiger partial charge in [-0.3, -0.25) is 5.10 Å². The molecule has 3 nitrogen and oxygen atoms in total. The van der Waals surface area contributed by atoms with Crippen LogP contribution in [0.5, 0.6) is 0 Å². The van der Waals surface area contributed by atoms with Crippen LogP contribution in [0.1, 0.15) is 32.1 Å². The number of aromatic nitrogens is 2. The van der Waals surface area contributed by atoms with Gasteiger partial charge in [-0.2, -0.15) is 5.10 Å². The molecule has 4 fully saturated rings. The Balaban J connectivity index is 1.43. The number of nitrogens with zero attached hydrogens (tertiary/aromatic N) is 1. The molecule has 0 spiro atoms. The molecule has 0 atom stereocenters. The lowest BCUT2D eigenvalue weighted by Crippen LogP contribution is -2.51. The van der Waals surface area contributed by atoms with Crippen molar-refractivity contribution in [2.45, 2.75) is 38.1 Å². The fourth-order valence-electron chi connectivity index (χ4n) is 5.38. The molecule has 0 saturated heterocycles. The number of benzene rings is 1. The zero-order valence-corrected chi connectivity index (χ0v) is 11.7. The molecule has 0 amide bonds. The predicted octanol–water partition coefficient (Wildman–Crippen LogP) is 3.80. The van der Waals surface area contributed by atoms with Gasteiger partial charge in [0.1, 0.15) is 0 Å². The Kier molecular flexibility index (Phi) is 2.24. The third-order valence-electron chi connectivity index (χ3n) is 6.00. The largest absolute Gasteiger partial charge is 0.382 e. The summed E-state index contributed by atoms with van der Waals surface area (Å²) >= 11 is 0. The first-order valence-corrected chi connectivity index (χ1v) is 8.05. The van der Waals surface area contributed by atoms with Crippen LogP contribution < -0.4 is 5.32 Å². The van der Waals surface area contributed by atoms with Crippen LogP contribution in [0, 0.1) is 23.7 Å². The van der Waals surface area contributed by atoms with E-state index in [4.69, 9.17) is 0 Å². The molecule has 6 rings (SSSR count). The summed E-state index contributed by atoms with van der Waals surface area (Å²) in [6.07, 6.45) is 9.30. The number of H-pyrrole nitrogens is 1. The van der Waals surface area contributed by atoms with E-state index in [-0.39, 0.29) is 0 Å². The van der Waals surface area contributed by atoms with E-state index in [0.29, 0.717) is 6.04 Å². The molecule has 0 unspecified atom stereocenters. The van der Waals surface area contributed by atoms with Crippen molar-refractivity contribution in [2.24, 2.45) is 23.7 Å². The Morgan fingerprint density at radius 3 is 2.50 bits per heavy atom. The Labute approximate surface area is 119 Å². The van der Waals surface area contributed by atoms with Crippen molar-refractivity contribution in [3.05, 3.63) is 24.4 Å². The van der Waals surface area contributed by atoms with Gasteiger partial charge in [-0.15, -0.1) is 0 Å².